The second-order valence-corrected chi connectivity index (χ2v) is 7.14. The molecule has 4 rings (SSSR count). The number of nitrogens with zero attached hydrogens (tertiary/aromatic N) is 4. The monoisotopic (exact) mass is 326 g/mol. The fourth-order valence-corrected chi connectivity index (χ4v) is 3.81. The molecule has 1 N–H and O–H groups in total. The Kier molecular flexibility index (Phi) is 2.89. The van der Waals surface area contributed by atoms with E-state index in [1.807, 2.05) is 12.1 Å². The molecule has 1 aliphatic rings. The van der Waals surface area contributed by atoms with E-state index in [1.54, 1.807) is 0 Å². The van der Waals surface area contributed by atoms with Crippen LogP contribution in [0.4, 0.5) is 11.5 Å². The minimum Gasteiger partial charge on any atom is -0.476 e. The predicted molar refractivity (Wildman–Crippen MR) is 88.6 cm³/mol. The summed E-state index contributed by atoms with van der Waals surface area (Å²) < 4.78 is 0. The molecule has 0 spiro atoms. The number of aromatic nitrogens is 3. The minimum atomic E-state index is -1.04. The van der Waals surface area contributed by atoms with Crippen LogP contribution in [0, 0.1) is 0 Å². The van der Waals surface area contributed by atoms with Crippen molar-refractivity contribution in [3.63, 3.8) is 0 Å². The molecule has 3 aromatic rings. The highest BCUT2D eigenvalue weighted by Gasteiger charge is 2.37. The van der Waals surface area contributed by atoms with Crippen molar-refractivity contribution in [3.05, 3.63) is 41.2 Å². The molecule has 0 amide bonds. The molecule has 0 saturated carbocycles. The smallest absolute Gasteiger partial charge is 0.365 e. The summed E-state index contributed by atoms with van der Waals surface area (Å²) in [6.45, 7) is 5.14. The standard InChI is InChI=1S/C16H14N4O2S/c1-16(2)7-20(10-6-4-3-5-9(10)16)12-11-13(18-8-17-12)23-14(19-11)15(21)22/h3-6,8H,7H2,1-2H3,(H,21,22). The van der Waals surface area contributed by atoms with Crippen molar-refractivity contribution in [2.24, 2.45) is 0 Å². The Hall–Kier alpha value is -2.54. The van der Waals surface area contributed by atoms with Gasteiger partial charge in [-0.05, 0) is 11.6 Å². The molecule has 0 aliphatic carbocycles. The van der Waals surface area contributed by atoms with E-state index in [-0.39, 0.29) is 10.4 Å². The average molecular weight is 326 g/mol. The van der Waals surface area contributed by atoms with Gasteiger partial charge in [-0.2, -0.15) is 0 Å². The van der Waals surface area contributed by atoms with Crippen LogP contribution in [0.25, 0.3) is 10.3 Å². The van der Waals surface area contributed by atoms with Gasteiger partial charge in [0.25, 0.3) is 0 Å². The molecule has 2 aromatic heterocycles. The number of benzene rings is 1. The van der Waals surface area contributed by atoms with Crippen molar-refractivity contribution in [3.8, 4) is 0 Å². The first-order valence-corrected chi connectivity index (χ1v) is 8.01. The summed E-state index contributed by atoms with van der Waals surface area (Å²) in [6, 6.07) is 8.21. The van der Waals surface area contributed by atoms with Gasteiger partial charge < -0.3 is 10.0 Å². The number of para-hydroxylation sites is 1. The van der Waals surface area contributed by atoms with Crippen LogP contribution in [0.15, 0.2) is 30.6 Å². The number of rotatable bonds is 2. The number of carboxylic acid groups (broad SMARTS) is 1. The molecule has 0 atom stereocenters. The summed E-state index contributed by atoms with van der Waals surface area (Å²) in [5, 5.41) is 9.20. The van der Waals surface area contributed by atoms with Crippen LogP contribution in [0.5, 0.6) is 0 Å². The van der Waals surface area contributed by atoms with Crippen LogP contribution in [0.1, 0.15) is 29.2 Å². The Bertz CT molecular complexity index is 935. The molecule has 0 saturated heterocycles. The van der Waals surface area contributed by atoms with Gasteiger partial charge in [-0.15, -0.1) is 0 Å². The number of thiazole rings is 1. The molecular formula is C16H14N4O2S. The predicted octanol–water partition coefficient (Wildman–Crippen LogP) is 3.21. The van der Waals surface area contributed by atoms with Crippen LogP contribution in [0.3, 0.4) is 0 Å². The van der Waals surface area contributed by atoms with E-state index in [1.165, 1.54) is 11.9 Å². The van der Waals surface area contributed by atoms with Crippen molar-refractivity contribution in [2.75, 3.05) is 11.4 Å². The number of hydrogen-bond donors (Lipinski definition) is 1. The quantitative estimate of drug-likeness (QED) is 0.779. The minimum absolute atomic E-state index is 0.0144. The van der Waals surface area contributed by atoms with E-state index in [9.17, 15) is 4.79 Å². The van der Waals surface area contributed by atoms with Gasteiger partial charge >= 0.3 is 5.97 Å². The largest absolute Gasteiger partial charge is 0.476 e. The number of carboxylic acids is 1. The lowest BCUT2D eigenvalue weighted by Crippen LogP contribution is -2.25. The topological polar surface area (TPSA) is 79.2 Å². The van der Waals surface area contributed by atoms with Gasteiger partial charge in [0.2, 0.25) is 5.01 Å². The van der Waals surface area contributed by atoms with Crippen molar-refractivity contribution in [1.82, 2.24) is 15.0 Å². The molecule has 0 radical (unpaired) electrons. The fraction of sp³-hybridized carbons (Fsp3) is 0.250. The van der Waals surface area contributed by atoms with Gasteiger partial charge in [0.1, 0.15) is 16.7 Å². The van der Waals surface area contributed by atoms with Crippen LogP contribution < -0.4 is 4.90 Å². The molecule has 23 heavy (non-hydrogen) atoms. The molecule has 116 valence electrons. The first-order valence-electron chi connectivity index (χ1n) is 7.19. The summed E-state index contributed by atoms with van der Waals surface area (Å²) in [5.41, 5.74) is 2.87. The van der Waals surface area contributed by atoms with Crippen molar-refractivity contribution in [1.29, 1.82) is 0 Å². The van der Waals surface area contributed by atoms with Crippen LogP contribution in [-0.2, 0) is 5.41 Å². The third kappa shape index (κ3) is 2.08. The molecule has 0 bridgehead atoms. The fourth-order valence-electron chi connectivity index (χ4n) is 3.07. The Labute approximate surface area is 136 Å². The first kappa shape index (κ1) is 14.1. The van der Waals surface area contributed by atoms with Crippen molar-refractivity contribution in [2.45, 2.75) is 19.3 Å². The summed E-state index contributed by atoms with van der Waals surface area (Å²) in [5.74, 6) is -0.377. The van der Waals surface area contributed by atoms with Gasteiger partial charge in [0, 0.05) is 17.6 Å². The summed E-state index contributed by atoms with van der Waals surface area (Å²) in [7, 11) is 0. The zero-order valence-electron chi connectivity index (χ0n) is 12.6. The zero-order chi connectivity index (χ0) is 16.2. The highest BCUT2D eigenvalue weighted by Crippen LogP contribution is 2.44. The molecule has 6 nitrogen and oxygen atoms in total. The Morgan fingerprint density at radius 3 is 2.87 bits per heavy atom. The third-order valence-corrected chi connectivity index (χ3v) is 5.04. The maximum absolute atomic E-state index is 11.2. The number of aromatic carboxylic acids is 1. The Morgan fingerprint density at radius 1 is 1.30 bits per heavy atom. The van der Waals surface area contributed by atoms with Crippen LogP contribution in [-0.4, -0.2) is 32.6 Å². The van der Waals surface area contributed by atoms with E-state index < -0.39 is 5.97 Å². The lowest BCUT2D eigenvalue weighted by Gasteiger charge is -2.21. The molecule has 0 fully saturated rings. The number of fused-ring (bicyclic) bond motifs is 2. The number of hydrogen-bond acceptors (Lipinski definition) is 6. The Morgan fingerprint density at radius 2 is 2.09 bits per heavy atom. The SMILES string of the molecule is CC1(C)CN(c2ncnc3sc(C(=O)O)nc23)c2ccccc21. The molecule has 0 unspecified atom stereocenters. The van der Waals surface area contributed by atoms with Gasteiger partial charge in [0.05, 0.1) is 0 Å². The highest BCUT2D eigenvalue weighted by atomic mass is 32.1. The molecular weight excluding hydrogens is 312 g/mol. The molecule has 1 aromatic carbocycles. The second-order valence-electron chi connectivity index (χ2n) is 6.16. The van der Waals surface area contributed by atoms with E-state index >= 15 is 0 Å². The lowest BCUT2D eigenvalue weighted by atomic mass is 9.87. The number of anilines is 2. The maximum Gasteiger partial charge on any atom is 0.365 e. The highest BCUT2D eigenvalue weighted by molar-refractivity contribution is 7.19. The third-order valence-electron chi connectivity index (χ3n) is 4.09. The normalized spacial score (nSPS) is 15.8. The number of carbonyl (C=O) groups is 1. The molecule has 1 aliphatic heterocycles. The Balaban J connectivity index is 1.92. The lowest BCUT2D eigenvalue weighted by molar-refractivity contribution is 0.0696. The van der Waals surface area contributed by atoms with E-state index in [2.05, 4.69) is 45.8 Å². The average Bonchev–Trinajstić information content (AvgIpc) is 3.07. The summed E-state index contributed by atoms with van der Waals surface area (Å²) >= 11 is 1.07. The van der Waals surface area contributed by atoms with Crippen LogP contribution in [0.2, 0.25) is 0 Å². The molecule has 7 heteroatoms. The van der Waals surface area contributed by atoms with Crippen molar-refractivity contribution >= 4 is 39.2 Å². The maximum atomic E-state index is 11.2. The van der Waals surface area contributed by atoms with Gasteiger partial charge in [-0.25, -0.2) is 19.7 Å². The summed E-state index contributed by atoms with van der Waals surface area (Å²) in [4.78, 5) is 26.7. The van der Waals surface area contributed by atoms with E-state index in [4.69, 9.17) is 5.11 Å². The molecule has 3 heterocycles. The van der Waals surface area contributed by atoms with Gasteiger partial charge in [-0.1, -0.05) is 43.4 Å². The van der Waals surface area contributed by atoms with Crippen LogP contribution >= 0.6 is 11.3 Å². The zero-order valence-corrected chi connectivity index (χ0v) is 13.5. The van der Waals surface area contributed by atoms with E-state index in [0.29, 0.717) is 16.2 Å². The van der Waals surface area contributed by atoms with Crippen molar-refractivity contribution < 1.29 is 9.90 Å². The second kappa shape index (κ2) is 4.73. The van der Waals surface area contributed by atoms with Gasteiger partial charge in [-0.3, -0.25) is 0 Å². The van der Waals surface area contributed by atoms with Gasteiger partial charge in [0.15, 0.2) is 5.82 Å². The first-order chi connectivity index (χ1) is 11.0. The summed E-state index contributed by atoms with van der Waals surface area (Å²) in [6.07, 6.45) is 1.47. The van der Waals surface area contributed by atoms with E-state index in [0.717, 1.165) is 23.6 Å².